The number of hydrogen-bond acceptors (Lipinski definition) is 7. The second-order valence-electron chi connectivity index (χ2n) is 12.4. The lowest BCUT2D eigenvalue weighted by Crippen LogP contribution is -2.47. The van der Waals surface area contributed by atoms with Crippen LogP contribution in [0.3, 0.4) is 0 Å². The maximum atomic E-state index is 13.7. The van der Waals surface area contributed by atoms with Crippen LogP contribution in [0, 0.1) is 0 Å². The van der Waals surface area contributed by atoms with Crippen molar-refractivity contribution in [3.8, 4) is 21.7 Å². The van der Waals surface area contributed by atoms with Crippen LogP contribution in [-0.4, -0.2) is 54.9 Å². The molecule has 7 rings (SSSR count). The van der Waals surface area contributed by atoms with Gasteiger partial charge in [0.15, 0.2) is 0 Å². The van der Waals surface area contributed by atoms with Crippen LogP contribution in [0.2, 0.25) is 0 Å². The molecule has 1 aliphatic heterocycles. The minimum absolute atomic E-state index is 0.0170. The Labute approximate surface area is 290 Å². The van der Waals surface area contributed by atoms with Gasteiger partial charge in [0, 0.05) is 11.1 Å². The van der Waals surface area contributed by atoms with Crippen LogP contribution in [0.15, 0.2) is 97.1 Å². The van der Waals surface area contributed by atoms with Crippen LogP contribution in [0.25, 0.3) is 31.9 Å². The number of unbranched alkanes of at least 4 members (excludes halogenated alkanes) is 1. The molecule has 50 heavy (non-hydrogen) atoms. The quantitative estimate of drug-likeness (QED) is 0.112. The average molecular weight is 720 g/mol. The summed E-state index contributed by atoms with van der Waals surface area (Å²) in [6, 6.07) is 28.9. The molecule has 2 N–H and O–H groups in total. The zero-order chi connectivity index (χ0) is 34.9. The second-order valence-corrected chi connectivity index (χ2v) is 15.6. The SMILES string of the molecule is O=C(N[C@H]1CO[P@](=O)(CCCCC2(C(=O)NCC(F)(F)F)c3ccccc3-c3ccccc32)OC1)c1ccccc1-c1nc2ccccc2s1. The van der Waals surface area contributed by atoms with Gasteiger partial charge in [0.1, 0.15) is 17.0 Å². The summed E-state index contributed by atoms with van der Waals surface area (Å²) in [5.41, 5.74) is 3.53. The van der Waals surface area contributed by atoms with Gasteiger partial charge in [0.05, 0.1) is 35.6 Å². The van der Waals surface area contributed by atoms with E-state index in [1.165, 1.54) is 11.3 Å². The molecule has 8 nitrogen and oxygen atoms in total. The van der Waals surface area contributed by atoms with Gasteiger partial charge in [0.25, 0.3) is 5.91 Å². The zero-order valence-corrected chi connectivity index (χ0v) is 28.5. The van der Waals surface area contributed by atoms with Crippen LogP contribution in [-0.2, 0) is 23.8 Å². The highest BCUT2D eigenvalue weighted by atomic mass is 32.1. The first kappa shape index (κ1) is 34.1. The van der Waals surface area contributed by atoms with Crippen molar-refractivity contribution in [3.05, 3.63) is 114 Å². The molecule has 0 atom stereocenters. The third kappa shape index (κ3) is 6.73. The number of amides is 2. The molecule has 258 valence electrons. The summed E-state index contributed by atoms with van der Waals surface area (Å²) in [6.07, 6.45) is -3.63. The molecule has 1 aromatic heterocycles. The molecule has 2 heterocycles. The van der Waals surface area contributed by atoms with E-state index in [9.17, 15) is 27.3 Å². The summed E-state index contributed by atoms with van der Waals surface area (Å²) < 4.78 is 65.5. The molecular formula is C37H33F3N3O5PS. The minimum atomic E-state index is -4.57. The van der Waals surface area contributed by atoms with Crippen molar-refractivity contribution in [1.82, 2.24) is 15.6 Å². The maximum absolute atomic E-state index is 13.7. The van der Waals surface area contributed by atoms with Gasteiger partial charge >= 0.3 is 13.8 Å². The van der Waals surface area contributed by atoms with Crippen molar-refractivity contribution in [3.63, 3.8) is 0 Å². The Bertz CT molecular complexity index is 2030. The molecule has 2 amide bonds. The van der Waals surface area contributed by atoms with Gasteiger partial charge in [-0.05, 0) is 53.3 Å². The average Bonchev–Trinajstić information content (AvgIpc) is 3.68. The van der Waals surface area contributed by atoms with Crippen LogP contribution in [0.1, 0.15) is 40.7 Å². The molecular weight excluding hydrogens is 686 g/mol. The molecule has 13 heteroatoms. The summed E-state index contributed by atoms with van der Waals surface area (Å²) in [4.78, 5) is 31.8. The standard InChI is InChI=1S/C37H33F3N3O5PS/c38-37(39,40)23-41-35(45)36(29-15-5-3-11-25(29)26-12-4-6-16-30(26)36)19-9-10-20-49(46)47-21-24(22-48-49)42-33(44)27-13-1-2-14-28(27)34-43-31-17-7-8-18-32(31)50-34/h1-8,11-18,24H,9-10,19-23H2,(H,41,45)(H,42,44)/t24-,49+. The van der Waals surface area contributed by atoms with E-state index in [1.807, 2.05) is 60.7 Å². The number of carbonyl (C=O) groups excluding carboxylic acids is 2. The van der Waals surface area contributed by atoms with E-state index in [0.29, 0.717) is 35.1 Å². The normalized spacial score (nSPS) is 19.5. The van der Waals surface area contributed by atoms with E-state index < -0.39 is 37.7 Å². The highest BCUT2D eigenvalue weighted by Gasteiger charge is 2.49. The zero-order valence-electron chi connectivity index (χ0n) is 26.7. The van der Waals surface area contributed by atoms with Gasteiger partial charge in [-0.2, -0.15) is 13.2 Å². The lowest BCUT2D eigenvalue weighted by atomic mass is 9.73. The van der Waals surface area contributed by atoms with Crippen molar-refractivity contribution in [1.29, 1.82) is 0 Å². The van der Waals surface area contributed by atoms with E-state index in [-0.39, 0.29) is 31.7 Å². The van der Waals surface area contributed by atoms with Gasteiger partial charge in [-0.1, -0.05) is 85.3 Å². The molecule has 0 bridgehead atoms. The Balaban J connectivity index is 0.987. The van der Waals surface area contributed by atoms with Crippen molar-refractivity contribution in [2.24, 2.45) is 0 Å². The van der Waals surface area contributed by atoms with Crippen LogP contribution in [0.4, 0.5) is 13.2 Å². The van der Waals surface area contributed by atoms with E-state index in [0.717, 1.165) is 26.4 Å². The number of thiazole rings is 1. The third-order valence-corrected chi connectivity index (χ3v) is 12.1. The van der Waals surface area contributed by atoms with Gasteiger partial charge in [-0.15, -0.1) is 11.3 Å². The first-order chi connectivity index (χ1) is 24.1. The fraction of sp³-hybridized carbons (Fsp3) is 0.270. The first-order valence-corrected chi connectivity index (χ1v) is 18.8. The van der Waals surface area contributed by atoms with Gasteiger partial charge in [-0.3, -0.25) is 14.2 Å². The number of hydrogen-bond donors (Lipinski definition) is 2. The number of nitrogens with zero attached hydrogens (tertiary/aromatic N) is 1. The van der Waals surface area contributed by atoms with Crippen LogP contribution >= 0.6 is 18.9 Å². The minimum Gasteiger partial charge on any atom is -0.346 e. The highest BCUT2D eigenvalue weighted by Crippen LogP contribution is 2.54. The molecule has 0 unspecified atom stereocenters. The van der Waals surface area contributed by atoms with E-state index in [2.05, 4.69) is 10.6 Å². The summed E-state index contributed by atoms with van der Waals surface area (Å²) in [5, 5.41) is 5.78. The number of para-hydroxylation sites is 1. The summed E-state index contributed by atoms with van der Waals surface area (Å²) in [6.45, 7) is -1.48. The maximum Gasteiger partial charge on any atom is 0.405 e. The largest absolute Gasteiger partial charge is 0.405 e. The molecule has 2 aliphatic rings. The lowest BCUT2D eigenvalue weighted by Gasteiger charge is -2.32. The molecule has 0 saturated carbocycles. The van der Waals surface area contributed by atoms with E-state index in [1.54, 1.807) is 36.4 Å². The van der Waals surface area contributed by atoms with Gasteiger partial charge in [0.2, 0.25) is 5.91 Å². The highest BCUT2D eigenvalue weighted by molar-refractivity contribution is 7.53. The number of fused-ring (bicyclic) bond motifs is 4. The van der Waals surface area contributed by atoms with Gasteiger partial charge in [-0.25, -0.2) is 4.98 Å². The number of alkyl halides is 3. The number of benzene rings is 4. The van der Waals surface area contributed by atoms with Crippen LogP contribution < -0.4 is 10.6 Å². The van der Waals surface area contributed by atoms with E-state index in [4.69, 9.17) is 14.0 Å². The number of nitrogens with one attached hydrogen (secondary N) is 2. The number of rotatable bonds is 10. The number of halogens is 3. The molecule has 5 aromatic rings. The fourth-order valence-corrected chi connectivity index (χ4v) is 9.57. The van der Waals surface area contributed by atoms with Crippen LogP contribution in [0.5, 0.6) is 0 Å². The predicted octanol–water partition coefficient (Wildman–Crippen LogP) is 8.12. The molecule has 0 radical (unpaired) electrons. The van der Waals surface area contributed by atoms with Crippen molar-refractivity contribution in [2.75, 3.05) is 25.9 Å². The molecule has 0 spiro atoms. The first-order valence-electron chi connectivity index (χ1n) is 16.2. The Morgan fingerprint density at radius 3 is 2.10 bits per heavy atom. The smallest absolute Gasteiger partial charge is 0.346 e. The number of carbonyl (C=O) groups is 2. The molecule has 1 fully saturated rings. The van der Waals surface area contributed by atoms with Crippen molar-refractivity contribution in [2.45, 2.75) is 36.9 Å². The third-order valence-electron chi connectivity index (χ3n) is 9.11. The Kier molecular flexibility index (Phi) is 9.38. The molecule has 1 aliphatic carbocycles. The van der Waals surface area contributed by atoms with Crippen molar-refractivity contribution < 1.29 is 36.4 Å². The van der Waals surface area contributed by atoms with Crippen molar-refractivity contribution >= 4 is 41.0 Å². The molecule has 1 saturated heterocycles. The lowest BCUT2D eigenvalue weighted by molar-refractivity contribution is -0.141. The second kappa shape index (κ2) is 13.8. The summed E-state index contributed by atoms with van der Waals surface area (Å²) >= 11 is 1.50. The monoisotopic (exact) mass is 719 g/mol. The summed E-state index contributed by atoms with van der Waals surface area (Å²) in [5.74, 6) is -1.06. The van der Waals surface area contributed by atoms with E-state index >= 15 is 0 Å². The Hall–Kier alpha value is -4.35. The van der Waals surface area contributed by atoms with Gasteiger partial charge < -0.3 is 19.7 Å². The Morgan fingerprint density at radius 1 is 0.840 bits per heavy atom. The predicted molar refractivity (Wildman–Crippen MR) is 186 cm³/mol. The fourth-order valence-electron chi connectivity index (χ4n) is 6.80. The molecule has 4 aromatic carbocycles. The Morgan fingerprint density at radius 2 is 1.44 bits per heavy atom. The summed E-state index contributed by atoms with van der Waals surface area (Å²) in [7, 11) is -3.52. The number of aromatic nitrogens is 1. The topological polar surface area (TPSA) is 107 Å².